The normalized spacial score (nSPS) is 15.7. The molecule has 0 aromatic heterocycles. The van der Waals surface area contributed by atoms with Crippen molar-refractivity contribution in [2.45, 2.75) is 6.92 Å². The largest absolute Gasteiger partial charge is 0.494 e. The molecule has 0 bridgehead atoms. The van der Waals surface area contributed by atoms with Crippen LogP contribution in [0.3, 0.4) is 0 Å². The van der Waals surface area contributed by atoms with Crippen molar-refractivity contribution in [2.24, 2.45) is 0 Å². The molecule has 1 amide bonds. The maximum Gasteiger partial charge on any atom is 0.246 e. The molecule has 102 valence electrons. The van der Waals surface area contributed by atoms with Crippen LogP contribution in [-0.2, 0) is 9.53 Å². The lowest BCUT2D eigenvalue weighted by Crippen LogP contribution is -2.39. The molecule has 4 heteroatoms. The van der Waals surface area contributed by atoms with Gasteiger partial charge in [0.05, 0.1) is 19.8 Å². The summed E-state index contributed by atoms with van der Waals surface area (Å²) in [5.41, 5.74) is 0.991. The lowest BCUT2D eigenvalue weighted by Gasteiger charge is -2.25. The van der Waals surface area contributed by atoms with E-state index in [1.165, 1.54) is 0 Å². The van der Waals surface area contributed by atoms with Crippen LogP contribution in [0.1, 0.15) is 12.5 Å². The molecule has 0 aliphatic carbocycles. The van der Waals surface area contributed by atoms with Gasteiger partial charge in [0.15, 0.2) is 0 Å². The number of benzene rings is 1. The van der Waals surface area contributed by atoms with E-state index in [4.69, 9.17) is 9.47 Å². The van der Waals surface area contributed by atoms with Gasteiger partial charge in [-0.1, -0.05) is 12.1 Å². The van der Waals surface area contributed by atoms with Crippen LogP contribution in [0, 0.1) is 0 Å². The standard InChI is InChI=1S/C15H19NO3/c1-2-19-14-6-3-13(4-7-14)5-8-15(17)16-9-11-18-12-10-16/h3-8H,2,9-12H2,1H3. The molecule has 1 fully saturated rings. The third kappa shape index (κ3) is 4.10. The number of carbonyl (C=O) groups excluding carboxylic acids is 1. The van der Waals surface area contributed by atoms with E-state index >= 15 is 0 Å². The van der Waals surface area contributed by atoms with Crippen LogP contribution in [0.5, 0.6) is 5.75 Å². The Labute approximate surface area is 113 Å². The number of morpholine rings is 1. The van der Waals surface area contributed by atoms with E-state index < -0.39 is 0 Å². The maximum absolute atomic E-state index is 11.9. The van der Waals surface area contributed by atoms with Gasteiger partial charge in [0.25, 0.3) is 0 Å². The van der Waals surface area contributed by atoms with Crippen molar-refractivity contribution in [3.63, 3.8) is 0 Å². The average Bonchev–Trinajstić information content (AvgIpc) is 2.47. The molecule has 1 aliphatic heterocycles. The van der Waals surface area contributed by atoms with Crippen LogP contribution in [0.25, 0.3) is 6.08 Å². The quantitative estimate of drug-likeness (QED) is 0.778. The molecule has 4 nitrogen and oxygen atoms in total. The molecule has 1 aliphatic rings. The fourth-order valence-corrected chi connectivity index (χ4v) is 1.90. The molecule has 19 heavy (non-hydrogen) atoms. The Balaban J connectivity index is 1.91. The number of amides is 1. The third-order valence-electron chi connectivity index (χ3n) is 2.93. The van der Waals surface area contributed by atoms with Gasteiger partial charge in [-0.05, 0) is 30.7 Å². The minimum Gasteiger partial charge on any atom is -0.494 e. The van der Waals surface area contributed by atoms with Crippen LogP contribution < -0.4 is 4.74 Å². The SMILES string of the molecule is CCOc1ccc(C=CC(=O)N2CCOCC2)cc1. The van der Waals surface area contributed by atoms with Crippen molar-refractivity contribution >= 4 is 12.0 Å². The summed E-state index contributed by atoms with van der Waals surface area (Å²) in [6.45, 7) is 5.21. The first-order valence-corrected chi connectivity index (χ1v) is 6.57. The fraction of sp³-hybridized carbons (Fsp3) is 0.400. The second kappa shape index (κ2) is 6.95. The van der Waals surface area contributed by atoms with E-state index in [0.29, 0.717) is 32.9 Å². The zero-order valence-electron chi connectivity index (χ0n) is 11.2. The molecule has 1 saturated heterocycles. The highest BCUT2D eigenvalue weighted by molar-refractivity contribution is 5.91. The van der Waals surface area contributed by atoms with Gasteiger partial charge in [0, 0.05) is 19.2 Å². The minimum atomic E-state index is 0.0391. The topological polar surface area (TPSA) is 38.8 Å². The molecule has 1 heterocycles. The van der Waals surface area contributed by atoms with Gasteiger partial charge < -0.3 is 14.4 Å². The highest BCUT2D eigenvalue weighted by Crippen LogP contribution is 2.13. The molecule has 0 unspecified atom stereocenters. The summed E-state index contributed by atoms with van der Waals surface area (Å²) < 4.78 is 10.6. The number of nitrogens with zero attached hydrogens (tertiary/aromatic N) is 1. The second-order valence-electron chi connectivity index (χ2n) is 4.27. The Kier molecular flexibility index (Phi) is 4.98. The first-order valence-electron chi connectivity index (χ1n) is 6.57. The molecule has 0 saturated carbocycles. The summed E-state index contributed by atoms with van der Waals surface area (Å²) in [5, 5.41) is 0. The molecule has 1 aromatic carbocycles. The summed E-state index contributed by atoms with van der Waals surface area (Å²) in [6, 6.07) is 7.69. The first-order chi connectivity index (χ1) is 9.29. The number of hydrogen-bond acceptors (Lipinski definition) is 3. The number of carbonyl (C=O) groups is 1. The number of hydrogen-bond donors (Lipinski definition) is 0. The summed E-state index contributed by atoms with van der Waals surface area (Å²) in [6.07, 6.45) is 3.44. The Morgan fingerprint density at radius 1 is 1.32 bits per heavy atom. The van der Waals surface area contributed by atoms with Crippen molar-refractivity contribution in [1.82, 2.24) is 4.90 Å². The lowest BCUT2D eigenvalue weighted by atomic mass is 10.2. The second-order valence-corrected chi connectivity index (χ2v) is 4.27. The van der Waals surface area contributed by atoms with Crippen LogP contribution in [0.4, 0.5) is 0 Å². The van der Waals surface area contributed by atoms with Gasteiger partial charge in [-0.3, -0.25) is 4.79 Å². The monoisotopic (exact) mass is 261 g/mol. The van der Waals surface area contributed by atoms with Gasteiger partial charge in [0.2, 0.25) is 5.91 Å². The predicted octanol–water partition coefficient (Wildman–Crippen LogP) is 1.96. The van der Waals surface area contributed by atoms with Crippen molar-refractivity contribution in [3.05, 3.63) is 35.9 Å². The van der Waals surface area contributed by atoms with Gasteiger partial charge in [0.1, 0.15) is 5.75 Å². The molecule has 1 aromatic rings. The van der Waals surface area contributed by atoms with Crippen LogP contribution in [-0.4, -0.2) is 43.7 Å². The first kappa shape index (κ1) is 13.6. The predicted molar refractivity (Wildman–Crippen MR) is 74.0 cm³/mol. The van der Waals surface area contributed by atoms with Crippen molar-refractivity contribution in [3.8, 4) is 5.75 Å². The Bertz CT molecular complexity index is 433. The van der Waals surface area contributed by atoms with E-state index in [2.05, 4.69) is 0 Å². The van der Waals surface area contributed by atoms with Crippen LogP contribution in [0.2, 0.25) is 0 Å². The van der Waals surface area contributed by atoms with Crippen molar-refractivity contribution in [2.75, 3.05) is 32.9 Å². The smallest absolute Gasteiger partial charge is 0.246 e. The van der Waals surface area contributed by atoms with Crippen LogP contribution >= 0.6 is 0 Å². The number of ether oxygens (including phenoxy) is 2. The molecule has 0 N–H and O–H groups in total. The zero-order valence-corrected chi connectivity index (χ0v) is 11.2. The van der Waals surface area contributed by atoms with E-state index in [1.54, 1.807) is 11.0 Å². The van der Waals surface area contributed by atoms with Gasteiger partial charge in [-0.25, -0.2) is 0 Å². The number of rotatable bonds is 4. The highest BCUT2D eigenvalue weighted by Gasteiger charge is 2.13. The maximum atomic E-state index is 11.9. The third-order valence-corrected chi connectivity index (χ3v) is 2.93. The molecule has 0 spiro atoms. The Hall–Kier alpha value is -1.81. The van der Waals surface area contributed by atoms with E-state index in [-0.39, 0.29) is 5.91 Å². The Morgan fingerprint density at radius 3 is 2.63 bits per heavy atom. The summed E-state index contributed by atoms with van der Waals surface area (Å²) in [4.78, 5) is 13.7. The fourth-order valence-electron chi connectivity index (χ4n) is 1.90. The molecule has 2 rings (SSSR count). The summed E-state index contributed by atoms with van der Waals surface area (Å²) in [5.74, 6) is 0.886. The van der Waals surface area contributed by atoms with Gasteiger partial charge >= 0.3 is 0 Å². The van der Waals surface area contributed by atoms with E-state index in [9.17, 15) is 4.79 Å². The van der Waals surface area contributed by atoms with Gasteiger partial charge in [-0.15, -0.1) is 0 Å². The van der Waals surface area contributed by atoms with Gasteiger partial charge in [-0.2, -0.15) is 0 Å². The lowest BCUT2D eigenvalue weighted by molar-refractivity contribution is -0.129. The zero-order chi connectivity index (χ0) is 13.5. The summed E-state index contributed by atoms with van der Waals surface area (Å²) >= 11 is 0. The highest BCUT2D eigenvalue weighted by atomic mass is 16.5. The average molecular weight is 261 g/mol. The van der Waals surface area contributed by atoms with Crippen molar-refractivity contribution < 1.29 is 14.3 Å². The van der Waals surface area contributed by atoms with Crippen LogP contribution in [0.15, 0.2) is 30.3 Å². The molecule has 0 radical (unpaired) electrons. The van der Waals surface area contributed by atoms with Crippen molar-refractivity contribution in [1.29, 1.82) is 0 Å². The molecule has 0 atom stereocenters. The van der Waals surface area contributed by atoms with E-state index in [1.807, 2.05) is 37.3 Å². The minimum absolute atomic E-state index is 0.0391. The van der Waals surface area contributed by atoms with E-state index in [0.717, 1.165) is 11.3 Å². The summed E-state index contributed by atoms with van der Waals surface area (Å²) in [7, 11) is 0. The Morgan fingerprint density at radius 2 is 2.00 bits per heavy atom. The molecular weight excluding hydrogens is 242 g/mol. The molecular formula is C15H19NO3.